The molecule has 0 fully saturated rings. The first-order valence-corrected chi connectivity index (χ1v) is 5.44. The summed E-state index contributed by atoms with van der Waals surface area (Å²) in [6, 6.07) is 0. The van der Waals surface area contributed by atoms with Crippen molar-refractivity contribution in [1.82, 2.24) is 4.90 Å². The van der Waals surface area contributed by atoms with Crippen LogP contribution in [0.5, 0.6) is 0 Å². The molecule has 0 aliphatic rings. The van der Waals surface area contributed by atoms with Gasteiger partial charge in [-0.15, -0.1) is 0 Å². The molecule has 0 rings (SSSR count). The van der Waals surface area contributed by atoms with E-state index in [4.69, 9.17) is 5.73 Å². The molecule has 0 aromatic heterocycles. The highest BCUT2D eigenvalue weighted by Crippen LogP contribution is 2.14. The Bertz CT molecular complexity index is 173. The summed E-state index contributed by atoms with van der Waals surface area (Å²) in [5, 5.41) is 0. The predicted molar refractivity (Wildman–Crippen MR) is 60.0 cm³/mol. The van der Waals surface area contributed by atoms with Crippen LogP contribution in [0.15, 0.2) is 0 Å². The van der Waals surface area contributed by atoms with Crippen LogP contribution in [0.2, 0.25) is 0 Å². The summed E-state index contributed by atoms with van der Waals surface area (Å²) in [6.45, 7) is 9.43. The Morgan fingerprint density at radius 3 is 2.29 bits per heavy atom. The van der Waals surface area contributed by atoms with Gasteiger partial charge in [0.2, 0.25) is 5.91 Å². The van der Waals surface area contributed by atoms with Gasteiger partial charge in [0, 0.05) is 25.0 Å². The molecule has 1 amide bonds. The number of amides is 1. The van der Waals surface area contributed by atoms with Crippen molar-refractivity contribution in [3.63, 3.8) is 0 Å². The van der Waals surface area contributed by atoms with Gasteiger partial charge in [-0.25, -0.2) is 0 Å². The number of nitrogens with two attached hydrogens (primary N) is 1. The number of hydrogen-bond acceptors (Lipinski definition) is 2. The molecule has 0 aliphatic carbocycles. The fraction of sp³-hybridized carbons (Fsp3) is 0.909. The Morgan fingerprint density at radius 2 is 1.93 bits per heavy atom. The molecule has 0 aromatic carbocycles. The topological polar surface area (TPSA) is 46.3 Å². The van der Waals surface area contributed by atoms with E-state index >= 15 is 0 Å². The van der Waals surface area contributed by atoms with Crippen molar-refractivity contribution < 1.29 is 4.79 Å². The van der Waals surface area contributed by atoms with Crippen molar-refractivity contribution >= 4 is 5.91 Å². The van der Waals surface area contributed by atoms with E-state index in [1.54, 1.807) is 0 Å². The highest BCUT2D eigenvalue weighted by molar-refractivity contribution is 5.76. The van der Waals surface area contributed by atoms with E-state index in [-0.39, 0.29) is 11.4 Å². The molecule has 0 radical (unpaired) electrons. The van der Waals surface area contributed by atoms with Gasteiger partial charge >= 0.3 is 0 Å². The fourth-order valence-corrected chi connectivity index (χ4v) is 1.43. The molecule has 14 heavy (non-hydrogen) atoms. The molecule has 3 heteroatoms. The van der Waals surface area contributed by atoms with Crippen molar-refractivity contribution in [3.8, 4) is 0 Å². The van der Waals surface area contributed by atoms with Crippen LogP contribution in [0.4, 0.5) is 0 Å². The van der Waals surface area contributed by atoms with Crippen LogP contribution in [0.3, 0.4) is 0 Å². The molecule has 0 unspecified atom stereocenters. The molecular weight excluding hydrogens is 176 g/mol. The third kappa shape index (κ3) is 4.61. The van der Waals surface area contributed by atoms with Crippen LogP contribution in [0.1, 0.15) is 47.0 Å². The van der Waals surface area contributed by atoms with E-state index in [1.807, 2.05) is 25.7 Å². The lowest BCUT2D eigenvalue weighted by Crippen LogP contribution is -2.47. The monoisotopic (exact) mass is 200 g/mol. The molecule has 0 saturated heterocycles. The lowest BCUT2D eigenvalue weighted by atomic mass is 10.0. The third-order valence-electron chi connectivity index (χ3n) is 2.21. The number of nitrogens with zero attached hydrogens (tertiary/aromatic N) is 1. The van der Waals surface area contributed by atoms with Crippen molar-refractivity contribution in [1.29, 1.82) is 0 Å². The lowest BCUT2D eigenvalue weighted by Gasteiger charge is -2.35. The summed E-state index contributed by atoms with van der Waals surface area (Å²) >= 11 is 0. The molecule has 0 spiro atoms. The first-order valence-electron chi connectivity index (χ1n) is 5.44. The number of carbonyl (C=O) groups is 1. The molecule has 0 atom stereocenters. The molecule has 0 heterocycles. The van der Waals surface area contributed by atoms with E-state index in [0.717, 1.165) is 12.8 Å². The fourth-order valence-electron chi connectivity index (χ4n) is 1.43. The Labute approximate surface area is 87.6 Å². The standard InChI is InChI=1S/C11H24N2O/c1-5-6-7-10(14)13(9-8-12)11(2,3)4/h5-9,12H2,1-4H3. The molecule has 0 aliphatic heterocycles. The SMILES string of the molecule is CCCCC(=O)N(CCN)C(C)(C)C. The summed E-state index contributed by atoms with van der Waals surface area (Å²) in [4.78, 5) is 13.7. The maximum Gasteiger partial charge on any atom is 0.223 e. The van der Waals surface area contributed by atoms with Crippen LogP contribution >= 0.6 is 0 Å². The quantitative estimate of drug-likeness (QED) is 0.735. The Hall–Kier alpha value is -0.570. The van der Waals surface area contributed by atoms with Gasteiger partial charge in [0.25, 0.3) is 0 Å². The molecule has 2 N–H and O–H groups in total. The summed E-state index contributed by atoms with van der Waals surface area (Å²) < 4.78 is 0. The minimum atomic E-state index is -0.107. The van der Waals surface area contributed by atoms with Crippen molar-refractivity contribution in [2.24, 2.45) is 5.73 Å². The second kappa shape index (κ2) is 6.02. The second-order valence-electron chi connectivity index (χ2n) is 4.61. The number of hydrogen-bond donors (Lipinski definition) is 1. The minimum absolute atomic E-state index is 0.107. The normalized spacial score (nSPS) is 11.5. The summed E-state index contributed by atoms with van der Waals surface area (Å²) in [6.07, 6.45) is 2.68. The Balaban J connectivity index is 4.26. The maximum absolute atomic E-state index is 11.8. The van der Waals surface area contributed by atoms with Gasteiger partial charge in [-0.05, 0) is 27.2 Å². The van der Waals surface area contributed by atoms with E-state index in [9.17, 15) is 4.79 Å². The third-order valence-corrected chi connectivity index (χ3v) is 2.21. The van der Waals surface area contributed by atoms with Gasteiger partial charge in [-0.3, -0.25) is 4.79 Å². The van der Waals surface area contributed by atoms with E-state index in [1.165, 1.54) is 0 Å². The van der Waals surface area contributed by atoms with Gasteiger partial charge < -0.3 is 10.6 Å². The van der Waals surface area contributed by atoms with Crippen LogP contribution in [0.25, 0.3) is 0 Å². The van der Waals surface area contributed by atoms with E-state index in [2.05, 4.69) is 6.92 Å². The largest absolute Gasteiger partial charge is 0.337 e. The van der Waals surface area contributed by atoms with Crippen molar-refractivity contribution in [3.05, 3.63) is 0 Å². The van der Waals surface area contributed by atoms with Crippen molar-refractivity contribution in [2.45, 2.75) is 52.5 Å². The first-order chi connectivity index (χ1) is 6.43. The molecule has 0 aromatic rings. The van der Waals surface area contributed by atoms with E-state index in [0.29, 0.717) is 19.5 Å². The van der Waals surface area contributed by atoms with Crippen molar-refractivity contribution in [2.75, 3.05) is 13.1 Å². The molecule has 84 valence electrons. The average Bonchev–Trinajstić information content (AvgIpc) is 2.08. The average molecular weight is 200 g/mol. The van der Waals surface area contributed by atoms with Gasteiger partial charge in [0.05, 0.1) is 0 Å². The first kappa shape index (κ1) is 13.4. The molecule has 0 bridgehead atoms. The summed E-state index contributed by atoms with van der Waals surface area (Å²) in [7, 11) is 0. The van der Waals surface area contributed by atoms with Crippen LogP contribution in [-0.2, 0) is 4.79 Å². The molecule has 0 saturated carbocycles. The summed E-state index contributed by atoms with van der Waals surface area (Å²) in [5.41, 5.74) is 5.39. The van der Waals surface area contributed by atoms with Gasteiger partial charge in [-0.1, -0.05) is 13.3 Å². The van der Waals surface area contributed by atoms with Crippen LogP contribution < -0.4 is 5.73 Å². The minimum Gasteiger partial charge on any atom is -0.337 e. The molecular formula is C11H24N2O. The van der Waals surface area contributed by atoms with Crippen LogP contribution in [0, 0.1) is 0 Å². The highest BCUT2D eigenvalue weighted by atomic mass is 16.2. The zero-order chi connectivity index (χ0) is 11.2. The summed E-state index contributed by atoms with van der Waals surface area (Å²) in [5.74, 6) is 0.227. The Kier molecular flexibility index (Phi) is 5.77. The number of carbonyl (C=O) groups excluding carboxylic acids is 1. The van der Waals surface area contributed by atoms with E-state index < -0.39 is 0 Å². The Morgan fingerprint density at radius 1 is 1.36 bits per heavy atom. The van der Waals surface area contributed by atoms with Gasteiger partial charge in [0.1, 0.15) is 0 Å². The van der Waals surface area contributed by atoms with Gasteiger partial charge in [-0.2, -0.15) is 0 Å². The predicted octanol–water partition coefficient (Wildman–Crippen LogP) is 1.76. The number of rotatable bonds is 5. The zero-order valence-electron chi connectivity index (χ0n) is 9.97. The zero-order valence-corrected chi connectivity index (χ0v) is 9.97. The highest BCUT2D eigenvalue weighted by Gasteiger charge is 2.24. The molecule has 3 nitrogen and oxygen atoms in total. The van der Waals surface area contributed by atoms with Gasteiger partial charge in [0.15, 0.2) is 0 Å². The maximum atomic E-state index is 11.8. The smallest absolute Gasteiger partial charge is 0.223 e. The van der Waals surface area contributed by atoms with Crippen LogP contribution in [-0.4, -0.2) is 29.4 Å². The second-order valence-corrected chi connectivity index (χ2v) is 4.61. The lowest BCUT2D eigenvalue weighted by molar-refractivity contribution is -0.135. The number of unbranched alkanes of at least 4 members (excludes halogenated alkanes) is 1.